The molecule has 17 heavy (non-hydrogen) atoms. The van der Waals surface area contributed by atoms with Crippen LogP contribution in [-0.2, 0) is 0 Å². The van der Waals surface area contributed by atoms with E-state index in [0.717, 1.165) is 5.69 Å². The van der Waals surface area contributed by atoms with Crippen LogP contribution in [0, 0.1) is 6.92 Å². The summed E-state index contributed by atoms with van der Waals surface area (Å²) >= 11 is 0. The van der Waals surface area contributed by atoms with Crippen molar-refractivity contribution in [3.8, 4) is 0 Å². The second-order valence-electron chi connectivity index (χ2n) is 4.98. The van der Waals surface area contributed by atoms with E-state index in [4.69, 9.17) is 0 Å². The first-order valence-electron chi connectivity index (χ1n) is 5.92. The van der Waals surface area contributed by atoms with Crippen molar-refractivity contribution in [1.82, 2.24) is 9.88 Å². The Hall–Kier alpha value is -1.42. The lowest BCUT2D eigenvalue weighted by Gasteiger charge is -2.35. The number of pyridine rings is 1. The highest BCUT2D eigenvalue weighted by Crippen LogP contribution is 2.22. The Morgan fingerprint density at radius 1 is 1.41 bits per heavy atom. The topological polar surface area (TPSA) is 53.4 Å². The molecule has 0 aromatic carbocycles. The van der Waals surface area contributed by atoms with Crippen LogP contribution in [0.2, 0.25) is 0 Å². The Morgan fingerprint density at radius 2 is 2.06 bits per heavy atom. The number of nitrogens with zero attached hydrogens (tertiary/aromatic N) is 2. The van der Waals surface area contributed by atoms with Gasteiger partial charge < -0.3 is 10.0 Å². The number of rotatable bonds is 1. The number of likely N-dealkylation sites (tertiary alicyclic amines) is 1. The lowest BCUT2D eigenvalue weighted by Crippen LogP contribution is -2.45. The molecular formula is C13H18N2O2. The summed E-state index contributed by atoms with van der Waals surface area (Å²) in [7, 11) is 0. The van der Waals surface area contributed by atoms with Crippen molar-refractivity contribution < 1.29 is 9.90 Å². The smallest absolute Gasteiger partial charge is 0.255 e. The van der Waals surface area contributed by atoms with Gasteiger partial charge in [0, 0.05) is 25.0 Å². The molecule has 2 heterocycles. The minimum absolute atomic E-state index is 0.00741. The van der Waals surface area contributed by atoms with Gasteiger partial charge in [-0.3, -0.25) is 9.78 Å². The Morgan fingerprint density at radius 3 is 2.59 bits per heavy atom. The van der Waals surface area contributed by atoms with Crippen molar-refractivity contribution in [2.75, 3.05) is 13.1 Å². The number of aryl methyl sites for hydroxylation is 1. The number of carbonyl (C=O) groups excluding carboxylic acids is 1. The summed E-state index contributed by atoms with van der Waals surface area (Å²) in [5.74, 6) is 0.00741. The van der Waals surface area contributed by atoms with E-state index >= 15 is 0 Å². The maximum absolute atomic E-state index is 12.1. The minimum Gasteiger partial charge on any atom is -0.390 e. The van der Waals surface area contributed by atoms with Crippen LogP contribution in [-0.4, -0.2) is 39.6 Å². The Labute approximate surface area is 101 Å². The van der Waals surface area contributed by atoms with E-state index < -0.39 is 5.60 Å². The fourth-order valence-electron chi connectivity index (χ4n) is 1.97. The second-order valence-corrected chi connectivity index (χ2v) is 4.98. The van der Waals surface area contributed by atoms with Gasteiger partial charge >= 0.3 is 0 Å². The molecule has 1 aromatic rings. The van der Waals surface area contributed by atoms with Gasteiger partial charge in [-0.2, -0.15) is 0 Å². The SMILES string of the molecule is Cc1ccc(C(=O)N2CCC(C)(O)CC2)cn1. The molecule has 0 aliphatic carbocycles. The van der Waals surface area contributed by atoms with Crippen molar-refractivity contribution in [2.45, 2.75) is 32.3 Å². The fourth-order valence-corrected chi connectivity index (χ4v) is 1.97. The molecular weight excluding hydrogens is 216 g/mol. The quantitative estimate of drug-likeness (QED) is 0.798. The van der Waals surface area contributed by atoms with E-state index in [1.807, 2.05) is 19.9 Å². The lowest BCUT2D eigenvalue weighted by molar-refractivity contribution is -0.00203. The summed E-state index contributed by atoms with van der Waals surface area (Å²) in [6, 6.07) is 3.64. The maximum atomic E-state index is 12.1. The molecule has 1 aliphatic rings. The van der Waals surface area contributed by atoms with E-state index in [0.29, 0.717) is 31.5 Å². The van der Waals surface area contributed by atoms with E-state index in [1.54, 1.807) is 17.2 Å². The van der Waals surface area contributed by atoms with Gasteiger partial charge in [-0.25, -0.2) is 0 Å². The highest BCUT2D eigenvalue weighted by Gasteiger charge is 2.29. The van der Waals surface area contributed by atoms with Gasteiger partial charge in [-0.1, -0.05) is 0 Å². The predicted octanol–water partition coefficient (Wildman–Crippen LogP) is 1.38. The van der Waals surface area contributed by atoms with Gasteiger partial charge in [-0.05, 0) is 38.8 Å². The first-order chi connectivity index (χ1) is 7.98. The first-order valence-corrected chi connectivity index (χ1v) is 5.92. The minimum atomic E-state index is -0.623. The van der Waals surface area contributed by atoms with Crippen LogP contribution in [0.15, 0.2) is 18.3 Å². The molecule has 1 aliphatic heterocycles. The zero-order valence-electron chi connectivity index (χ0n) is 10.3. The first kappa shape index (κ1) is 12.0. The van der Waals surface area contributed by atoms with Crippen LogP contribution >= 0.6 is 0 Å². The largest absolute Gasteiger partial charge is 0.390 e. The number of piperidine rings is 1. The predicted molar refractivity (Wildman–Crippen MR) is 64.7 cm³/mol. The van der Waals surface area contributed by atoms with Crippen LogP contribution in [0.1, 0.15) is 35.8 Å². The molecule has 1 saturated heterocycles. The zero-order chi connectivity index (χ0) is 12.5. The summed E-state index contributed by atoms with van der Waals surface area (Å²) in [5, 5.41) is 9.83. The number of hydrogen-bond acceptors (Lipinski definition) is 3. The molecule has 0 spiro atoms. The van der Waals surface area contributed by atoms with Gasteiger partial charge in [-0.15, -0.1) is 0 Å². The lowest BCUT2D eigenvalue weighted by atomic mass is 9.93. The van der Waals surface area contributed by atoms with Gasteiger partial charge in [0.05, 0.1) is 11.2 Å². The maximum Gasteiger partial charge on any atom is 0.255 e. The summed E-state index contributed by atoms with van der Waals surface area (Å²) in [4.78, 5) is 18.0. The van der Waals surface area contributed by atoms with Crippen molar-refractivity contribution in [2.24, 2.45) is 0 Å². The molecule has 2 rings (SSSR count). The molecule has 4 heteroatoms. The summed E-state index contributed by atoms with van der Waals surface area (Å²) < 4.78 is 0. The summed E-state index contributed by atoms with van der Waals surface area (Å²) in [6.07, 6.45) is 2.89. The average Bonchev–Trinajstić information content (AvgIpc) is 2.29. The van der Waals surface area contributed by atoms with Crippen molar-refractivity contribution >= 4 is 5.91 Å². The van der Waals surface area contributed by atoms with Crippen molar-refractivity contribution in [1.29, 1.82) is 0 Å². The third-order valence-corrected chi connectivity index (χ3v) is 3.29. The molecule has 1 aromatic heterocycles. The molecule has 4 nitrogen and oxygen atoms in total. The van der Waals surface area contributed by atoms with Crippen molar-refractivity contribution in [3.05, 3.63) is 29.6 Å². The van der Waals surface area contributed by atoms with Gasteiger partial charge in [0.2, 0.25) is 0 Å². The number of aromatic nitrogens is 1. The molecule has 0 bridgehead atoms. The molecule has 0 saturated carbocycles. The van der Waals surface area contributed by atoms with Crippen molar-refractivity contribution in [3.63, 3.8) is 0 Å². The van der Waals surface area contributed by atoms with E-state index in [9.17, 15) is 9.90 Å². The Balaban J connectivity index is 2.04. The molecule has 1 amide bonds. The average molecular weight is 234 g/mol. The monoisotopic (exact) mass is 234 g/mol. The molecule has 0 radical (unpaired) electrons. The Kier molecular flexibility index (Phi) is 3.15. The fraction of sp³-hybridized carbons (Fsp3) is 0.538. The number of hydrogen-bond donors (Lipinski definition) is 1. The number of aliphatic hydroxyl groups is 1. The zero-order valence-corrected chi connectivity index (χ0v) is 10.3. The van der Waals surface area contributed by atoms with Gasteiger partial charge in [0.25, 0.3) is 5.91 Å². The Bertz CT molecular complexity index is 402. The van der Waals surface area contributed by atoms with Crippen LogP contribution in [0.25, 0.3) is 0 Å². The normalized spacial score (nSPS) is 19.1. The van der Waals surface area contributed by atoms with Gasteiger partial charge in [0.15, 0.2) is 0 Å². The third kappa shape index (κ3) is 2.82. The van der Waals surface area contributed by atoms with E-state index in [1.165, 1.54) is 0 Å². The second kappa shape index (κ2) is 4.45. The number of carbonyl (C=O) groups is 1. The van der Waals surface area contributed by atoms with Crippen LogP contribution in [0.3, 0.4) is 0 Å². The standard InChI is InChI=1S/C13H18N2O2/c1-10-3-4-11(9-14-10)12(16)15-7-5-13(2,17)6-8-15/h3-4,9,17H,5-8H2,1-2H3. The molecule has 0 atom stereocenters. The third-order valence-electron chi connectivity index (χ3n) is 3.29. The van der Waals surface area contributed by atoms with Gasteiger partial charge in [0.1, 0.15) is 0 Å². The highest BCUT2D eigenvalue weighted by molar-refractivity contribution is 5.94. The van der Waals surface area contributed by atoms with Crippen LogP contribution in [0.4, 0.5) is 0 Å². The highest BCUT2D eigenvalue weighted by atomic mass is 16.3. The molecule has 1 fully saturated rings. The summed E-state index contributed by atoms with van der Waals surface area (Å²) in [5.41, 5.74) is 0.905. The van der Waals surface area contributed by atoms with E-state index in [-0.39, 0.29) is 5.91 Å². The molecule has 1 N–H and O–H groups in total. The number of amides is 1. The molecule has 0 unspecified atom stereocenters. The van der Waals surface area contributed by atoms with E-state index in [2.05, 4.69) is 4.98 Å². The molecule has 92 valence electrons. The summed E-state index contributed by atoms with van der Waals surface area (Å²) in [6.45, 7) is 4.94. The van der Waals surface area contributed by atoms with Crippen LogP contribution < -0.4 is 0 Å². The van der Waals surface area contributed by atoms with Crippen LogP contribution in [0.5, 0.6) is 0 Å².